The number of aliphatic hydroxyl groups is 2. The lowest BCUT2D eigenvalue weighted by molar-refractivity contribution is 0.151. The average molecular weight is 182 g/mol. The summed E-state index contributed by atoms with van der Waals surface area (Å²) in [6.45, 7) is 2.05. The summed E-state index contributed by atoms with van der Waals surface area (Å²) in [6.07, 6.45) is -0.660. The Bertz CT molecular complexity index is 266. The van der Waals surface area contributed by atoms with E-state index in [-0.39, 0.29) is 6.73 Å². The summed E-state index contributed by atoms with van der Waals surface area (Å²) in [6, 6.07) is 5.48. The zero-order valence-electron chi connectivity index (χ0n) is 7.57. The van der Waals surface area contributed by atoms with Crippen molar-refractivity contribution < 1.29 is 10.2 Å². The first-order valence-electron chi connectivity index (χ1n) is 4.17. The number of nitrogens with zero attached hydrogens (tertiary/aromatic N) is 1. The van der Waals surface area contributed by atoms with Crippen molar-refractivity contribution in [2.45, 2.75) is 13.0 Å². The minimum absolute atomic E-state index is 0.136. The quantitative estimate of drug-likeness (QED) is 0.572. The van der Waals surface area contributed by atoms with Gasteiger partial charge in [-0.15, -0.1) is 0 Å². The van der Waals surface area contributed by atoms with Crippen LogP contribution in [0.1, 0.15) is 17.5 Å². The highest BCUT2D eigenvalue weighted by atomic mass is 16.3. The van der Waals surface area contributed by atoms with Crippen LogP contribution in [0.4, 0.5) is 0 Å². The van der Waals surface area contributed by atoms with Gasteiger partial charge < -0.3 is 10.2 Å². The molecule has 0 aliphatic carbocycles. The molecule has 4 heteroatoms. The molecule has 0 spiro atoms. The van der Waals surface area contributed by atoms with E-state index in [9.17, 15) is 5.11 Å². The molecule has 0 bridgehead atoms. The molecule has 1 unspecified atom stereocenters. The van der Waals surface area contributed by atoms with Crippen LogP contribution < -0.4 is 5.32 Å². The molecular formula is C9H14N2O2. The normalized spacial score (nSPS) is 12.8. The molecule has 1 aromatic heterocycles. The van der Waals surface area contributed by atoms with E-state index in [1.165, 1.54) is 0 Å². The maximum absolute atomic E-state index is 9.54. The summed E-state index contributed by atoms with van der Waals surface area (Å²) in [5.74, 6) is 0. The second-order valence-corrected chi connectivity index (χ2v) is 2.83. The maximum atomic E-state index is 9.54. The van der Waals surface area contributed by atoms with Crippen LogP contribution in [-0.2, 0) is 0 Å². The number of nitrogens with one attached hydrogen (secondary N) is 1. The molecule has 13 heavy (non-hydrogen) atoms. The van der Waals surface area contributed by atoms with Gasteiger partial charge in [-0.3, -0.25) is 10.3 Å². The lowest BCUT2D eigenvalue weighted by Gasteiger charge is -2.10. The molecule has 1 atom stereocenters. The van der Waals surface area contributed by atoms with Crippen LogP contribution in [-0.4, -0.2) is 28.5 Å². The molecule has 1 rings (SSSR count). The molecule has 0 aromatic carbocycles. The summed E-state index contributed by atoms with van der Waals surface area (Å²) in [5, 5.41) is 20.6. The van der Waals surface area contributed by atoms with E-state index >= 15 is 0 Å². The fourth-order valence-corrected chi connectivity index (χ4v) is 1.06. The maximum Gasteiger partial charge on any atom is 0.108 e. The van der Waals surface area contributed by atoms with E-state index in [0.29, 0.717) is 12.2 Å². The van der Waals surface area contributed by atoms with Gasteiger partial charge in [-0.2, -0.15) is 0 Å². The third-order valence-corrected chi connectivity index (χ3v) is 1.70. The zero-order valence-corrected chi connectivity index (χ0v) is 7.57. The first-order chi connectivity index (χ1) is 6.24. The number of aliphatic hydroxyl groups excluding tert-OH is 2. The van der Waals surface area contributed by atoms with Gasteiger partial charge in [0, 0.05) is 12.2 Å². The van der Waals surface area contributed by atoms with Crippen molar-refractivity contribution in [2.24, 2.45) is 0 Å². The minimum atomic E-state index is -0.660. The van der Waals surface area contributed by atoms with Gasteiger partial charge >= 0.3 is 0 Å². The third kappa shape index (κ3) is 3.10. The van der Waals surface area contributed by atoms with Crippen LogP contribution in [0.15, 0.2) is 18.2 Å². The van der Waals surface area contributed by atoms with Crippen LogP contribution >= 0.6 is 0 Å². The predicted molar refractivity (Wildman–Crippen MR) is 49.0 cm³/mol. The van der Waals surface area contributed by atoms with Crippen molar-refractivity contribution in [1.29, 1.82) is 0 Å². The summed E-state index contributed by atoms with van der Waals surface area (Å²) in [5.41, 5.74) is 1.50. The number of aryl methyl sites for hydroxylation is 1. The molecule has 0 saturated heterocycles. The van der Waals surface area contributed by atoms with Gasteiger partial charge in [0.1, 0.15) is 6.10 Å². The highest BCUT2D eigenvalue weighted by Gasteiger charge is 2.07. The van der Waals surface area contributed by atoms with Crippen molar-refractivity contribution in [2.75, 3.05) is 13.3 Å². The van der Waals surface area contributed by atoms with Crippen LogP contribution in [0.5, 0.6) is 0 Å². The first-order valence-corrected chi connectivity index (χ1v) is 4.17. The van der Waals surface area contributed by atoms with Crippen LogP contribution in [0.25, 0.3) is 0 Å². The van der Waals surface area contributed by atoms with Gasteiger partial charge in [0.2, 0.25) is 0 Å². The summed E-state index contributed by atoms with van der Waals surface area (Å²) in [7, 11) is 0. The van der Waals surface area contributed by atoms with Crippen molar-refractivity contribution >= 4 is 0 Å². The second-order valence-electron chi connectivity index (χ2n) is 2.83. The van der Waals surface area contributed by atoms with Crippen molar-refractivity contribution in [3.05, 3.63) is 29.6 Å². The molecule has 0 fully saturated rings. The smallest absolute Gasteiger partial charge is 0.108 e. The van der Waals surface area contributed by atoms with Gasteiger partial charge in [0.05, 0.1) is 12.4 Å². The molecule has 1 heterocycles. The lowest BCUT2D eigenvalue weighted by Crippen LogP contribution is -2.22. The van der Waals surface area contributed by atoms with Gasteiger partial charge in [-0.05, 0) is 19.1 Å². The number of hydrogen-bond acceptors (Lipinski definition) is 4. The Balaban J connectivity index is 2.60. The Kier molecular flexibility index (Phi) is 3.82. The summed E-state index contributed by atoms with van der Waals surface area (Å²) < 4.78 is 0. The lowest BCUT2D eigenvalue weighted by atomic mass is 10.2. The second kappa shape index (κ2) is 4.91. The minimum Gasteiger partial charge on any atom is -0.385 e. The first kappa shape index (κ1) is 10.1. The standard InChI is InChI=1S/C9H14N2O2/c1-7-3-2-4-8(11-7)9(13)5-10-6-12/h2-4,9-10,12-13H,5-6H2,1H3. The van der Waals surface area contributed by atoms with Gasteiger partial charge in [-0.25, -0.2) is 0 Å². The number of pyridine rings is 1. The molecule has 0 amide bonds. The topological polar surface area (TPSA) is 65.4 Å². The van der Waals surface area contributed by atoms with Crippen LogP contribution in [0.3, 0.4) is 0 Å². The molecule has 0 radical (unpaired) electrons. The van der Waals surface area contributed by atoms with E-state index in [1.807, 2.05) is 19.1 Å². The van der Waals surface area contributed by atoms with E-state index in [2.05, 4.69) is 10.3 Å². The van der Waals surface area contributed by atoms with Crippen molar-refractivity contribution in [3.8, 4) is 0 Å². The molecule has 1 aromatic rings. The summed E-state index contributed by atoms with van der Waals surface area (Å²) >= 11 is 0. The van der Waals surface area contributed by atoms with Crippen LogP contribution in [0.2, 0.25) is 0 Å². The van der Waals surface area contributed by atoms with Gasteiger partial charge in [0.25, 0.3) is 0 Å². The predicted octanol–water partition coefficient (Wildman–Crippen LogP) is -0.0372. The van der Waals surface area contributed by atoms with E-state index in [0.717, 1.165) is 5.69 Å². The average Bonchev–Trinajstić information content (AvgIpc) is 2.14. The third-order valence-electron chi connectivity index (χ3n) is 1.70. The molecule has 72 valence electrons. The Morgan fingerprint density at radius 1 is 1.54 bits per heavy atom. The van der Waals surface area contributed by atoms with E-state index < -0.39 is 6.10 Å². The van der Waals surface area contributed by atoms with Crippen LogP contribution in [0, 0.1) is 6.92 Å². The fourth-order valence-electron chi connectivity index (χ4n) is 1.06. The number of hydrogen-bond donors (Lipinski definition) is 3. The summed E-state index contributed by atoms with van der Waals surface area (Å²) in [4.78, 5) is 4.15. The Morgan fingerprint density at radius 3 is 2.92 bits per heavy atom. The highest BCUT2D eigenvalue weighted by molar-refractivity contribution is 5.12. The molecule has 3 N–H and O–H groups in total. The number of aromatic nitrogens is 1. The Morgan fingerprint density at radius 2 is 2.31 bits per heavy atom. The van der Waals surface area contributed by atoms with E-state index in [4.69, 9.17) is 5.11 Å². The SMILES string of the molecule is Cc1cccc(C(O)CNCO)n1. The van der Waals surface area contributed by atoms with Crippen molar-refractivity contribution in [3.63, 3.8) is 0 Å². The van der Waals surface area contributed by atoms with Gasteiger partial charge in [0.15, 0.2) is 0 Å². The monoisotopic (exact) mass is 182 g/mol. The highest BCUT2D eigenvalue weighted by Crippen LogP contribution is 2.08. The number of rotatable bonds is 4. The fraction of sp³-hybridized carbons (Fsp3) is 0.444. The van der Waals surface area contributed by atoms with Crippen molar-refractivity contribution in [1.82, 2.24) is 10.3 Å². The Labute approximate surface area is 77.2 Å². The molecular weight excluding hydrogens is 168 g/mol. The van der Waals surface area contributed by atoms with Gasteiger partial charge in [-0.1, -0.05) is 6.07 Å². The molecule has 4 nitrogen and oxygen atoms in total. The molecule has 0 aliphatic heterocycles. The molecule has 0 saturated carbocycles. The van der Waals surface area contributed by atoms with E-state index in [1.54, 1.807) is 6.07 Å². The zero-order chi connectivity index (χ0) is 9.68. The Hall–Kier alpha value is -0.970. The largest absolute Gasteiger partial charge is 0.385 e. The molecule has 0 aliphatic rings.